The predicted molar refractivity (Wildman–Crippen MR) is 79.1 cm³/mol. The lowest BCUT2D eigenvalue weighted by Gasteiger charge is -2.01. The minimum absolute atomic E-state index is 0.629. The number of rotatable bonds is 5. The fraction of sp³-hybridized carbons (Fsp3) is 0.533. The molecule has 108 valence electrons. The van der Waals surface area contributed by atoms with Crippen LogP contribution in [0.15, 0.2) is 10.5 Å². The van der Waals surface area contributed by atoms with E-state index in [9.17, 15) is 0 Å². The zero-order chi connectivity index (χ0) is 14.3. The van der Waals surface area contributed by atoms with E-state index in [0.29, 0.717) is 12.6 Å². The average molecular weight is 294 g/mol. The fourth-order valence-electron chi connectivity index (χ4n) is 2.36. The van der Waals surface area contributed by atoms with Crippen molar-refractivity contribution < 1.29 is 4.42 Å². The maximum atomic E-state index is 6.17. The molecule has 0 saturated heterocycles. The summed E-state index contributed by atoms with van der Waals surface area (Å²) in [5.74, 6) is 1.91. The zero-order valence-electron chi connectivity index (χ0n) is 12.2. The number of nitrogens with zero attached hydrogens (tertiary/aromatic N) is 2. The second-order valence-corrected chi connectivity index (χ2v) is 5.97. The van der Waals surface area contributed by atoms with Gasteiger partial charge in [0.25, 0.3) is 0 Å². The summed E-state index contributed by atoms with van der Waals surface area (Å²) >= 11 is 6.17. The minimum Gasteiger partial charge on any atom is -0.464 e. The highest BCUT2D eigenvalue weighted by molar-refractivity contribution is 6.31. The summed E-state index contributed by atoms with van der Waals surface area (Å²) in [6.45, 7) is 7.43. The second-order valence-electron chi connectivity index (χ2n) is 5.59. The van der Waals surface area contributed by atoms with Gasteiger partial charge in [-0.15, -0.1) is 0 Å². The van der Waals surface area contributed by atoms with E-state index in [4.69, 9.17) is 16.0 Å². The smallest absolute Gasteiger partial charge is 0.125 e. The Morgan fingerprint density at radius 2 is 2.15 bits per heavy atom. The van der Waals surface area contributed by atoms with Crippen molar-refractivity contribution in [2.24, 2.45) is 0 Å². The van der Waals surface area contributed by atoms with E-state index < -0.39 is 0 Å². The molecule has 1 N–H and O–H groups in total. The first-order valence-corrected chi connectivity index (χ1v) is 7.43. The molecule has 1 aliphatic rings. The summed E-state index contributed by atoms with van der Waals surface area (Å²) in [6.07, 6.45) is 2.60. The van der Waals surface area contributed by atoms with Gasteiger partial charge in [-0.25, -0.2) is 0 Å². The van der Waals surface area contributed by atoms with Gasteiger partial charge >= 0.3 is 0 Å². The van der Waals surface area contributed by atoms with Gasteiger partial charge in [0, 0.05) is 18.2 Å². The first-order chi connectivity index (χ1) is 9.54. The van der Waals surface area contributed by atoms with Crippen LogP contribution in [-0.2, 0) is 13.1 Å². The van der Waals surface area contributed by atoms with E-state index in [-0.39, 0.29) is 0 Å². The molecule has 0 aliphatic heterocycles. The van der Waals surface area contributed by atoms with Gasteiger partial charge in [0.15, 0.2) is 0 Å². The molecule has 0 spiro atoms. The van der Waals surface area contributed by atoms with Gasteiger partial charge in [0.2, 0.25) is 0 Å². The van der Waals surface area contributed by atoms with Crippen molar-refractivity contribution in [2.45, 2.75) is 52.7 Å². The molecule has 3 rings (SSSR count). The van der Waals surface area contributed by atoms with Crippen molar-refractivity contribution in [1.29, 1.82) is 0 Å². The number of halogens is 1. The van der Waals surface area contributed by atoms with Crippen LogP contribution in [0, 0.1) is 20.8 Å². The van der Waals surface area contributed by atoms with Crippen LogP contribution in [0.25, 0.3) is 0 Å². The molecule has 1 fully saturated rings. The Balaban J connectivity index is 1.73. The zero-order valence-corrected chi connectivity index (χ0v) is 12.9. The third kappa shape index (κ3) is 2.76. The summed E-state index contributed by atoms with van der Waals surface area (Å²) in [7, 11) is 0. The molecule has 0 atom stereocenters. The molecule has 0 bridgehead atoms. The highest BCUT2D eigenvalue weighted by Gasteiger charge is 2.21. The Morgan fingerprint density at radius 3 is 2.75 bits per heavy atom. The van der Waals surface area contributed by atoms with E-state index >= 15 is 0 Å². The lowest BCUT2D eigenvalue weighted by Crippen LogP contribution is -2.15. The molecule has 0 aromatic carbocycles. The summed E-state index contributed by atoms with van der Waals surface area (Å²) in [4.78, 5) is 0. The molecular formula is C15H20ClN3O. The number of aromatic nitrogens is 2. The van der Waals surface area contributed by atoms with Gasteiger partial charge in [0.1, 0.15) is 11.5 Å². The molecule has 1 aliphatic carbocycles. The third-order valence-corrected chi connectivity index (χ3v) is 4.38. The third-order valence-electron chi connectivity index (χ3n) is 3.83. The first-order valence-electron chi connectivity index (χ1n) is 7.05. The monoisotopic (exact) mass is 293 g/mol. The summed E-state index contributed by atoms with van der Waals surface area (Å²) < 4.78 is 7.73. The molecule has 2 aromatic rings. The SMILES string of the molecule is Cc1nn(Cc2cc(CNC3CC3)c(C)o2)c(C)c1Cl. The van der Waals surface area contributed by atoms with Crippen LogP contribution in [-0.4, -0.2) is 15.8 Å². The molecule has 2 heterocycles. The normalized spacial score (nSPS) is 15.0. The lowest BCUT2D eigenvalue weighted by atomic mass is 10.2. The van der Waals surface area contributed by atoms with Gasteiger partial charge < -0.3 is 9.73 Å². The molecule has 0 amide bonds. The Labute approximate surface area is 124 Å². The molecule has 1 saturated carbocycles. The van der Waals surface area contributed by atoms with Crippen molar-refractivity contribution >= 4 is 11.6 Å². The van der Waals surface area contributed by atoms with Crippen LogP contribution in [0.5, 0.6) is 0 Å². The summed E-state index contributed by atoms with van der Waals surface area (Å²) in [5, 5.41) is 8.69. The highest BCUT2D eigenvalue weighted by atomic mass is 35.5. The van der Waals surface area contributed by atoms with E-state index in [1.165, 1.54) is 18.4 Å². The Bertz CT molecular complexity index is 625. The van der Waals surface area contributed by atoms with Gasteiger partial charge in [-0.3, -0.25) is 4.68 Å². The molecule has 5 heteroatoms. The number of hydrogen-bond donors (Lipinski definition) is 1. The second kappa shape index (κ2) is 5.26. The van der Waals surface area contributed by atoms with E-state index in [0.717, 1.165) is 34.5 Å². The quantitative estimate of drug-likeness (QED) is 0.919. The van der Waals surface area contributed by atoms with Crippen molar-refractivity contribution in [3.63, 3.8) is 0 Å². The topological polar surface area (TPSA) is 43.0 Å². The van der Waals surface area contributed by atoms with Crippen LogP contribution in [0.2, 0.25) is 5.02 Å². The fourth-order valence-corrected chi connectivity index (χ4v) is 2.49. The van der Waals surface area contributed by atoms with E-state index in [1.54, 1.807) is 0 Å². The van der Waals surface area contributed by atoms with Crippen molar-refractivity contribution in [3.05, 3.63) is 39.6 Å². The van der Waals surface area contributed by atoms with E-state index in [2.05, 4.69) is 16.5 Å². The first kappa shape index (κ1) is 13.7. The maximum Gasteiger partial charge on any atom is 0.125 e. The standard InChI is InChI=1S/C15H20ClN3O/c1-9-15(16)10(2)19(18-9)8-14-6-12(11(3)20-14)7-17-13-4-5-13/h6,13,17H,4-5,7-8H2,1-3H3. The highest BCUT2D eigenvalue weighted by Crippen LogP contribution is 2.23. The average Bonchev–Trinajstić information content (AvgIpc) is 3.13. The van der Waals surface area contributed by atoms with Gasteiger partial charge in [-0.05, 0) is 39.7 Å². The van der Waals surface area contributed by atoms with Crippen LogP contribution in [0.4, 0.5) is 0 Å². The molecular weight excluding hydrogens is 274 g/mol. The van der Waals surface area contributed by atoms with Crippen LogP contribution >= 0.6 is 11.6 Å². The summed E-state index contributed by atoms with van der Waals surface area (Å²) in [6, 6.07) is 2.83. The Kier molecular flexibility index (Phi) is 3.61. The van der Waals surface area contributed by atoms with Gasteiger partial charge in [0.05, 0.1) is 23.0 Å². The maximum absolute atomic E-state index is 6.17. The molecule has 20 heavy (non-hydrogen) atoms. The lowest BCUT2D eigenvalue weighted by molar-refractivity contribution is 0.453. The molecule has 2 aromatic heterocycles. The van der Waals surface area contributed by atoms with Crippen LogP contribution < -0.4 is 5.32 Å². The largest absolute Gasteiger partial charge is 0.464 e. The number of furan rings is 1. The number of aryl methyl sites for hydroxylation is 2. The van der Waals surface area contributed by atoms with Gasteiger partial charge in [-0.1, -0.05) is 11.6 Å². The minimum atomic E-state index is 0.629. The Morgan fingerprint density at radius 1 is 1.40 bits per heavy atom. The number of hydrogen-bond acceptors (Lipinski definition) is 3. The molecule has 4 nitrogen and oxygen atoms in total. The van der Waals surface area contributed by atoms with Crippen LogP contribution in [0.3, 0.4) is 0 Å². The Hall–Kier alpha value is -1.26. The van der Waals surface area contributed by atoms with Crippen molar-refractivity contribution in [2.75, 3.05) is 0 Å². The van der Waals surface area contributed by atoms with E-state index in [1.807, 2.05) is 25.5 Å². The van der Waals surface area contributed by atoms with Crippen molar-refractivity contribution in [1.82, 2.24) is 15.1 Å². The van der Waals surface area contributed by atoms with Gasteiger partial charge in [-0.2, -0.15) is 5.10 Å². The van der Waals surface area contributed by atoms with Crippen molar-refractivity contribution in [3.8, 4) is 0 Å². The molecule has 0 unspecified atom stereocenters. The predicted octanol–water partition coefficient (Wildman–Crippen LogP) is 3.36. The summed E-state index contributed by atoms with van der Waals surface area (Å²) in [5.41, 5.74) is 3.08. The molecule has 0 radical (unpaired) electrons. The number of nitrogens with one attached hydrogen (secondary N) is 1. The van der Waals surface area contributed by atoms with Crippen LogP contribution in [0.1, 0.15) is 41.3 Å².